The summed E-state index contributed by atoms with van der Waals surface area (Å²) in [5.74, 6) is -0.559. The first-order valence-electron chi connectivity index (χ1n) is 20.4. The van der Waals surface area contributed by atoms with E-state index in [1.807, 2.05) is 81.7 Å². The van der Waals surface area contributed by atoms with Gasteiger partial charge in [0.2, 0.25) is 11.8 Å². The van der Waals surface area contributed by atoms with Crippen molar-refractivity contribution in [3.05, 3.63) is 113 Å². The number of aromatic nitrogens is 1. The molecule has 2 aliphatic rings. The van der Waals surface area contributed by atoms with Crippen molar-refractivity contribution in [1.82, 2.24) is 25.8 Å². The average molecular weight is 824 g/mol. The Hall–Kier alpha value is -5.08. The fourth-order valence-electron chi connectivity index (χ4n) is 7.81. The number of fused-ring (bicyclic) bond motifs is 3. The Balaban J connectivity index is 0.876. The highest BCUT2D eigenvalue weighted by molar-refractivity contribution is 7.13. The van der Waals surface area contributed by atoms with Crippen molar-refractivity contribution in [2.75, 3.05) is 52.7 Å². The number of rotatable bonds is 19. The number of aryl methyl sites for hydroxylation is 1. The van der Waals surface area contributed by atoms with E-state index < -0.39 is 23.6 Å². The van der Waals surface area contributed by atoms with Gasteiger partial charge in [0.1, 0.15) is 19.3 Å². The Morgan fingerprint density at radius 3 is 2.27 bits per heavy atom. The Labute approximate surface area is 351 Å². The number of carbonyl (C=O) groups excluding carboxylic acids is 3. The Morgan fingerprint density at radius 1 is 0.949 bits per heavy atom. The number of thiazole rings is 1. The van der Waals surface area contributed by atoms with Crippen LogP contribution < -0.4 is 16.0 Å². The highest BCUT2D eigenvalue weighted by atomic mass is 32.1. The molecular weight excluding hydrogens is 767 g/mol. The van der Waals surface area contributed by atoms with E-state index in [2.05, 4.69) is 51.8 Å². The summed E-state index contributed by atoms with van der Waals surface area (Å²) < 4.78 is 16.8. The van der Waals surface area contributed by atoms with E-state index in [1.165, 1.54) is 11.1 Å². The number of aliphatic hydroxyl groups is 1. The van der Waals surface area contributed by atoms with Crippen molar-refractivity contribution in [1.29, 1.82) is 0 Å². The molecule has 3 atom stereocenters. The fourth-order valence-corrected chi connectivity index (χ4v) is 8.63. The molecule has 3 unspecified atom stereocenters. The molecule has 4 N–H and O–H groups in total. The number of hydrogen-bond acceptors (Lipinski definition) is 10. The fraction of sp³-hybridized carbons (Fsp3) is 0.435. The molecule has 59 heavy (non-hydrogen) atoms. The second kappa shape index (κ2) is 20.3. The zero-order valence-electron chi connectivity index (χ0n) is 34.5. The first-order valence-corrected chi connectivity index (χ1v) is 21.2. The van der Waals surface area contributed by atoms with Crippen LogP contribution in [0.2, 0.25) is 0 Å². The van der Waals surface area contributed by atoms with Gasteiger partial charge in [-0.2, -0.15) is 0 Å². The lowest BCUT2D eigenvalue weighted by Crippen LogP contribution is -2.57. The van der Waals surface area contributed by atoms with Gasteiger partial charge in [-0.05, 0) is 65.0 Å². The lowest BCUT2D eigenvalue weighted by atomic mass is 9.85. The third-order valence-electron chi connectivity index (χ3n) is 10.9. The van der Waals surface area contributed by atoms with E-state index in [4.69, 9.17) is 14.2 Å². The normalized spacial score (nSPS) is 15.9. The van der Waals surface area contributed by atoms with Gasteiger partial charge >= 0.3 is 6.09 Å². The summed E-state index contributed by atoms with van der Waals surface area (Å²) in [5, 5.41) is 19.4. The topological polar surface area (TPSA) is 151 Å². The highest BCUT2D eigenvalue weighted by Gasteiger charge is 2.40. The quantitative estimate of drug-likeness (QED) is 0.0755. The largest absolute Gasteiger partial charge is 0.449 e. The number of alkyl carbamates (subject to hydrolysis) is 1. The molecule has 1 fully saturated rings. The summed E-state index contributed by atoms with van der Waals surface area (Å²) in [6.07, 6.45) is 1.58. The van der Waals surface area contributed by atoms with Crippen LogP contribution in [-0.4, -0.2) is 97.7 Å². The molecular formula is C46H57N5O7S. The minimum Gasteiger partial charge on any atom is -0.449 e. The molecule has 1 aliphatic heterocycles. The first kappa shape index (κ1) is 43.5. The minimum atomic E-state index is -0.782. The standard InChI is InChI=1S/C46H57N5O7S/c1-30(49-39(26-52)32-17-19-33(20-18-32)42-31(2)48-29-59-42)40-16-10-22-51(40)44(54)43(46(3,4)5)50-41(53)28-57-24-11-23-56-25-21-47-45(55)58-27-38-36-14-8-6-12-34(36)35-13-7-9-15-37(35)38/h6-9,12-15,17-20,29,38-40,43,49,52H,1,10-11,16,21-28H2,2-5H3,(H,47,55)(H,50,53). The van der Waals surface area contributed by atoms with Gasteiger partial charge in [0.25, 0.3) is 0 Å². The number of nitrogens with one attached hydrogen (secondary N) is 3. The van der Waals surface area contributed by atoms with Crippen LogP contribution >= 0.6 is 11.3 Å². The molecule has 0 radical (unpaired) electrons. The van der Waals surface area contributed by atoms with Crippen molar-refractivity contribution >= 4 is 29.2 Å². The molecule has 1 saturated heterocycles. The highest BCUT2D eigenvalue weighted by Crippen LogP contribution is 2.44. The molecule has 4 aromatic rings. The maximum absolute atomic E-state index is 14.1. The van der Waals surface area contributed by atoms with E-state index in [0.717, 1.165) is 45.7 Å². The number of hydrogen-bond donors (Lipinski definition) is 4. The van der Waals surface area contributed by atoms with Gasteiger partial charge in [-0.25, -0.2) is 9.78 Å². The van der Waals surface area contributed by atoms with Gasteiger partial charge in [-0.3, -0.25) is 9.59 Å². The lowest BCUT2D eigenvalue weighted by Gasteiger charge is -2.37. The van der Waals surface area contributed by atoms with Crippen molar-refractivity contribution < 1.29 is 33.7 Å². The van der Waals surface area contributed by atoms with Crippen LogP contribution in [0.4, 0.5) is 4.79 Å². The maximum Gasteiger partial charge on any atom is 0.407 e. The average Bonchev–Trinajstić information content (AvgIpc) is 3.98. The smallest absolute Gasteiger partial charge is 0.407 e. The molecule has 1 aliphatic carbocycles. The van der Waals surface area contributed by atoms with E-state index in [-0.39, 0.29) is 43.6 Å². The van der Waals surface area contributed by atoms with Crippen molar-refractivity contribution in [2.45, 2.75) is 71.0 Å². The number of aliphatic hydroxyl groups excluding tert-OH is 1. The summed E-state index contributed by atoms with van der Waals surface area (Å²) >= 11 is 1.59. The van der Waals surface area contributed by atoms with Crippen LogP contribution in [0.15, 0.2) is 90.6 Å². The number of likely N-dealkylation sites (tertiary alicyclic amines) is 1. The molecule has 3 amide bonds. The summed E-state index contributed by atoms with van der Waals surface area (Å²) in [6.45, 7) is 13.8. The molecule has 2 heterocycles. The van der Waals surface area contributed by atoms with E-state index in [1.54, 1.807) is 16.2 Å². The third-order valence-corrected chi connectivity index (χ3v) is 11.9. The predicted octanol–water partition coefficient (Wildman–Crippen LogP) is 6.74. The summed E-state index contributed by atoms with van der Waals surface area (Å²) in [5.41, 5.74) is 9.55. The number of nitrogens with zero attached hydrogens (tertiary/aromatic N) is 2. The molecule has 1 aromatic heterocycles. The Kier molecular flexibility index (Phi) is 14.9. The van der Waals surface area contributed by atoms with Crippen LogP contribution in [-0.2, 0) is 23.8 Å². The first-order chi connectivity index (χ1) is 28.5. The zero-order chi connectivity index (χ0) is 41.9. The number of carbonyl (C=O) groups is 3. The molecule has 12 nitrogen and oxygen atoms in total. The number of benzene rings is 3. The number of amides is 3. The predicted molar refractivity (Wildman–Crippen MR) is 230 cm³/mol. The minimum absolute atomic E-state index is 0.00143. The second-order valence-electron chi connectivity index (χ2n) is 16.1. The van der Waals surface area contributed by atoms with E-state index in [9.17, 15) is 19.5 Å². The third kappa shape index (κ3) is 11.0. The SMILES string of the molecule is C=C(NC(CO)c1ccc(-c2scnc2C)cc1)C1CCCN1C(=O)C(NC(=O)COCCCOCCNC(=O)OCC1c2ccccc2-c2ccccc21)C(C)(C)C. The van der Waals surface area contributed by atoms with E-state index in [0.29, 0.717) is 45.0 Å². The van der Waals surface area contributed by atoms with Gasteiger partial charge in [-0.1, -0.05) is 100 Å². The van der Waals surface area contributed by atoms with Crippen LogP contribution in [0.25, 0.3) is 21.6 Å². The maximum atomic E-state index is 14.1. The summed E-state index contributed by atoms with van der Waals surface area (Å²) in [6, 6.07) is 23.0. The molecule has 314 valence electrons. The Morgan fingerprint density at radius 2 is 1.63 bits per heavy atom. The van der Waals surface area contributed by atoms with Crippen LogP contribution in [0.1, 0.15) is 74.4 Å². The molecule has 13 heteroatoms. The number of ether oxygens (including phenoxy) is 3. The van der Waals surface area contributed by atoms with Crippen LogP contribution in [0.5, 0.6) is 0 Å². The monoisotopic (exact) mass is 823 g/mol. The molecule has 6 rings (SSSR count). The molecule has 0 bridgehead atoms. The molecule has 3 aromatic carbocycles. The van der Waals surface area contributed by atoms with Gasteiger partial charge in [-0.15, -0.1) is 11.3 Å². The van der Waals surface area contributed by atoms with Gasteiger partial charge in [0, 0.05) is 37.9 Å². The van der Waals surface area contributed by atoms with Crippen molar-refractivity contribution in [2.24, 2.45) is 5.41 Å². The summed E-state index contributed by atoms with van der Waals surface area (Å²) in [7, 11) is 0. The van der Waals surface area contributed by atoms with E-state index >= 15 is 0 Å². The Bertz CT molecular complexity index is 2020. The van der Waals surface area contributed by atoms with Crippen LogP contribution in [0.3, 0.4) is 0 Å². The van der Waals surface area contributed by atoms with Crippen molar-refractivity contribution in [3.8, 4) is 21.6 Å². The molecule has 0 saturated carbocycles. The lowest BCUT2D eigenvalue weighted by molar-refractivity contribution is -0.140. The van der Waals surface area contributed by atoms with Crippen LogP contribution in [0, 0.1) is 12.3 Å². The van der Waals surface area contributed by atoms with Gasteiger partial charge < -0.3 is 40.2 Å². The molecule has 0 spiro atoms. The zero-order valence-corrected chi connectivity index (χ0v) is 35.3. The van der Waals surface area contributed by atoms with Gasteiger partial charge in [0.05, 0.1) is 41.4 Å². The van der Waals surface area contributed by atoms with Gasteiger partial charge in [0.15, 0.2) is 0 Å². The summed E-state index contributed by atoms with van der Waals surface area (Å²) in [4.78, 5) is 46.8. The second-order valence-corrected chi connectivity index (χ2v) is 17.0. The van der Waals surface area contributed by atoms with Crippen molar-refractivity contribution in [3.63, 3.8) is 0 Å².